The fraction of sp³-hybridized carbons (Fsp3) is 0.355. The zero-order valence-corrected chi connectivity index (χ0v) is 23.3. The van der Waals surface area contributed by atoms with Crippen molar-refractivity contribution in [1.82, 2.24) is 15.1 Å². The van der Waals surface area contributed by atoms with Gasteiger partial charge in [-0.2, -0.15) is 0 Å². The van der Waals surface area contributed by atoms with Crippen LogP contribution in [0.15, 0.2) is 84.9 Å². The molecule has 3 amide bonds. The molecule has 2 heterocycles. The predicted octanol–water partition coefficient (Wildman–Crippen LogP) is 3.99. The van der Waals surface area contributed by atoms with Crippen LogP contribution in [0.2, 0.25) is 5.02 Å². The highest BCUT2D eigenvalue weighted by Crippen LogP contribution is 2.35. The Hall–Kier alpha value is -3.43. The molecule has 0 aliphatic carbocycles. The normalized spacial score (nSPS) is 17.3. The van der Waals surface area contributed by atoms with E-state index in [1.54, 1.807) is 0 Å². The number of nitrogens with one attached hydrogen (secondary N) is 1. The first kappa shape index (κ1) is 28.1. The van der Waals surface area contributed by atoms with Crippen molar-refractivity contribution in [3.8, 4) is 0 Å². The molecular weight excluding hydrogens is 528 g/mol. The number of urea groups is 1. The van der Waals surface area contributed by atoms with Gasteiger partial charge >= 0.3 is 6.03 Å². The Morgan fingerprint density at radius 2 is 1.25 bits per heavy atom. The van der Waals surface area contributed by atoms with Crippen molar-refractivity contribution in [3.05, 3.63) is 101 Å². The van der Waals surface area contributed by atoms with E-state index in [-0.39, 0.29) is 19.1 Å². The summed E-state index contributed by atoms with van der Waals surface area (Å²) in [6.45, 7) is 6.71. The lowest BCUT2D eigenvalue weighted by Gasteiger charge is -2.36. The van der Waals surface area contributed by atoms with E-state index in [4.69, 9.17) is 21.1 Å². The monoisotopic (exact) mass is 562 g/mol. The Bertz CT molecular complexity index is 1210. The van der Waals surface area contributed by atoms with E-state index in [0.29, 0.717) is 19.8 Å². The highest BCUT2D eigenvalue weighted by atomic mass is 35.5. The minimum absolute atomic E-state index is 0.171. The first-order valence-electron chi connectivity index (χ1n) is 13.7. The lowest BCUT2D eigenvalue weighted by atomic mass is 9.82. The number of nitrogens with zero attached hydrogens (tertiary/aromatic N) is 3. The molecule has 0 unspecified atom stereocenters. The molecule has 0 spiro atoms. The summed E-state index contributed by atoms with van der Waals surface area (Å²) < 4.78 is 11.5. The lowest BCUT2D eigenvalue weighted by molar-refractivity contribution is -0.130. The van der Waals surface area contributed by atoms with E-state index in [1.807, 2.05) is 72.8 Å². The summed E-state index contributed by atoms with van der Waals surface area (Å²) >= 11 is 6.00. The maximum Gasteiger partial charge on any atom is 0.325 e. The van der Waals surface area contributed by atoms with Crippen LogP contribution in [0.1, 0.15) is 11.1 Å². The molecule has 2 saturated heterocycles. The molecule has 1 N–H and O–H groups in total. The number of halogens is 1. The fourth-order valence-electron chi connectivity index (χ4n) is 5.27. The van der Waals surface area contributed by atoms with Crippen molar-refractivity contribution < 1.29 is 19.1 Å². The lowest BCUT2D eigenvalue weighted by Crippen LogP contribution is -2.47. The number of hydrogen-bond donors (Lipinski definition) is 1. The number of benzene rings is 3. The van der Waals surface area contributed by atoms with Crippen LogP contribution in [-0.4, -0.2) is 87.4 Å². The number of piperazine rings is 1. The summed E-state index contributed by atoms with van der Waals surface area (Å²) in [5, 5.41) is 3.71. The molecule has 2 aliphatic heterocycles. The van der Waals surface area contributed by atoms with E-state index in [0.717, 1.165) is 48.9 Å². The van der Waals surface area contributed by atoms with Gasteiger partial charge in [0.25, 0.3) is 5.91 Å². The van der Waals surface area contributed by atoms with Crippen LogP contribution in [0.25, 0.3) is 0 Å². The van der Waals surface area contributed by atoms with Crippen LogP contribution >= 0.6 is 11.6 Å². The van der Waals surface area contributed by atoms with Gasteiger partial charge in [0.1, 0.15) is 0 Å². The van der Waals surface area contributed by atoms with Crippen molar-refractivity contribution in [2.75, 3.05) is 70.6 Å². The van der Waals surface area contributed by atoms with Crippen LogP contribution < -0.4 is 10.2 Å². The van der Waals surface area contributed by atoms with Crippen LogP contribution in [0.3, 0.4) is 0 Å². The average Bonchev–Trinajstić information content (AvgIpc) is 3.26. The predicted molar refractivity (Wildman–Crippen MR) is 156 cm³/mol. The Balaban J connectivity index is 1.01. The molecule has 3 aromatic rings. The second kappa shape index (κ2) is 13.3. The molecule has 8 nitrogen and oxygen atoms in total. The second-order valence-corrected chi connectivity index (χ2v) is 10.3. The summed E-state index contributed by atoms with van der Waals surface area (Å²) in [4.78, 5) is 32.6. The van der Waals surface area contributed by atoms with E-state index < -0.39 is 11.6 Å². The topological polar surface area (TPSA) is 74.3 Å². The van der Waals surface area contributed by atoms with Crippen LogP contribution in [0.4, 0.5) is 10.5 Å². The molecule has 2 fully saturated rings. The Morgan fingerprint density at radius 3 is 1.82 bits per heavy atom. The molecule has 2 aliphatic rings. The molecule has 3 aromatic carbocycles. The molecular formula is C31H35ClN4O4. The number of amides is 3. The summed E-state index contributed by atoms with van der Waals surface area (Å²) in [5.74, 6) is -0.300. The van der Waals surface area contributed by atoms with Gasteiger partial charge in [0, 0.05) is 43.4 Å². The molecule has 0 saturated carbocycles. The number of anilines is 1. The van der Waals surface area contributed by atoms with E-state index in [9.17, 15) is 9.59 Å². The standard InChI is InChI=1S/C31H35ClN4O4/c32-27-11-13-28(14-12-27)35-17-15-34(16-18-35)19-21-39-23-24-40-22-20-36-29(37)31(33-30(36)38,25-7-3-1-4-8-25)26-9-5-2-6-10-26/h1-14H,15-24H2,(H,33,38). The largest absolute Gasteiger partial charge is 0.378 e. The second-order valence-electron chi connectivity index (χ2n) is 9.90. The number of carbonyl (C=O) groups is 2. The van der Waals surface area contributed by atoms with Gasteiger partial charge in [0.05, 0.1) is 33.0 Å². The Labute approximate surface area is 240 Å². The number of carbonyl (C=O) groups excluding carboxylic acids is 2. The van der Waals surface area contributed by atoms with Crippen LogP contribution in [0, 0.1) is 0 Å². The highest BCUT2D eigenvalue weighted by Gasteiger charge is 2.53. The Kier molecular flexibility index (Phi) is 9.34. The van der Waals surface area contributed by atoms with Crippen molar-refractivity contribution in [2.24, 2.45) is 0 Å². The SMILES string of the molecule is O=C1NC(c2ccccc2)(c2ccccc2)C(=O)N1CCOCCOCCN1CCN(c2ccc(Cl)cc2)CC1. The number of rotatable bonds is 12. The molecule has 0 bridgehead atoms. The first-order chi connectivity index (χ1) is 19.6. The van der Waals surface area contributed by atoms with E-state index in [1.165, 1.54) is 10.6 Å². The van der Waals surface area contributed by atoms with Crippen molar-refractivity contribution in [3.63, 3.8) is 0 Å². The molecule has 9 heteroatoms. The van der Waals surface area contributed by atoms with Crippen molar-refractivity contribution in [1.29, 1.82) is 0 Å². The fourth-order valence-corrected chi connectivity index (χ4v) is 5.39. The first-order valence-corrected chi connectivity index (χ1v) is 14.1. The molecule has 210 valence electrons. The molecule has 40 heavy (non-hydrogen) atoms. The maximum absolute atomic E-state index is 13.7. The van der Waals surface area contributed by atoms with Crippen molar-refractivity contribution in [2.45, 2.75) is 5.54 Å². The smallest absolute Gasteiger partial charge is 0.325 e. The van der Waals surface area contributed by atoms with E-state index >= 15 is 0 Å². The minimum atomic E-state index is -1.25. The zero-order chi connectivity index (χ0) is 27.8. The highest BCUT2D eigenvalue weighted by molar-refractivity contribution is 6.30. The quantitative estimate of drug-likeness (QED) is 0.266. The number of ether oxygens (including phenoxy) is 2. The summed E-state index contributed by atoms with van der Waals surface area (Å²) in [6.07, 6.45) is 0. The summed E-state index contributed by atoms with van der Waals surface area (Å²) in [5.41, 5.74) is 1.41. The van der Waals surface area contributed by atoms with Crippen molar-refractivity contribution >= 4 is 29.2 Å². The molecule has 0 radical (unpaired) electrons. The molecule has 5 rings (SSSR count). The maximum atomic E-state index is 13.7. The minimum Gasteiger partial charge on any atom is -0.378 e. The zero-order valence-electron chi connectivity index (χ0n) is 22.5. The van der Waals surface area contributed by atoms with Crippen LogP contribution in [0.5, 0.6) is 0 Å². The van der Waals surface area contributed by atoms with E-state index in [2.05, 4.69) is 27.2 Å². The van der Waals surface area contributed by atoms with Gasteiger partial charge < -0.3 is 19.7 Å². The molecule has 0 atom stereocenters. The van der Waals surface area contributed by atoms with Gasteiger partial charge in [0.15, 0.2) is 5.54 Å². The third-order valence-electron chi connectivity index (χ3n) is 7.47. The van der Waals surface area contributed by atoms with Gasteiger partial charge in [-0.15, -0.1) is 0 Å². The van der Waals surface area contributed by atoms with Gasteiger partial charge in [-0.05, 0) is 35.4 Å². The molecule has 0 aromatic heterocycles. The van der Waals surface area contributed by atoms with Gasteiger partial charge in [0.2, 0.25) is 0 Å². The van der Waals surface area contributed by atoms with Gasteiger partial charge in [-0.25, -0.2) is 4.79 Å². The number of imide groups is 1. The summed E-state index contributed by atoms with van der Waals surface area (Å²) in [6, 6.07) is 26.3. The van der Waals surface area contributed by atoms with Crippen LogP contribution in [-0.2, 0) is 19.8 Å². The third-order valence-corrected chi connectivity index (χ3v) is 7.72. The average molecular weight is 563 g/mol. The third kappa shape index (κ3) is 6.31. The van der Waals surface area contributed by atoms with Gasteiger partial charge in [-0.3, -0.25) is 14.6 Å². The van der Waals surface area contributed by atoms with Gasteiger partial charge in [-0.1, -0.05) is 72.3 Å². The summed E-state index contributed by atoms with van der Waals surface area (Å²) in [7, 11) is 0. The Morgan fingerprint density at radius 1 is 0.700 bits per heavy atom. The number of hydrogen-bond acceptors (Lipinski definition) is 6.